The molecular weight excluding hydrogens is 697 g/mol. The molecule has 258 valence electrons. The van der Waals surface area contributed by atoms with Crippen molar-refractivity contribution in [3.05, 3.63) is 182 Å². The number of hydrogen-bond donors (Lipinski definition) is 0. The van der Waals surface area contributed by atoms with Gasteiger partial charge in [0.25, 0.3) is 0 Å². The Labute approximate surface area is 325 Å². The first-order chi connectivity index (χ1) is 27.8. The zero-order valence-electron chi connectivity index (χ0n) is 30.1. The van der Waals surface area contributed by atoms with E-state index in [4.69, 9.17) is 4.98 Å². The lowest BCUT2D eigenvalue weighted by Gasteiger charge is -2.18. The van der Waals surface area contributed by atoms with Crippen molar-refractivity contribution < 1.29 is 0 Å². The van der Waals surface area contributed by atoms with Crippen LogP contribution in [0.2, 0.25) is 0 Å². The van der Waals surface area contributed by atoms with Gasteiger partial charge >= 0.3 is 0 Å². The molecular formula is C53H30N2S. The highest BCUT2D eigenvalue weighted by molar-refractivity contribution is 7.27. The normalized spacial score (nSPS) is 12.3. The molecule has 0 saturated carbocycles. The van der Waals surface area contributed by atoms with Gasteiger partial charge in [-0.15, -0.1) is 11.3 Å². The van der Waals surface area contributed by atoms with E-state index in [1.54, 1.807) is 0 Å². The predicted molar refractivity (Wildman–Crippen MR) is 241 cm³/mol. The molecule has 13 rings (SSSR count). The fourth-order valence-corrected chi connectivity index (χ4v) is 11.1. The summed E-state index contributed by atoms with van der Waals surface area (Å²) in [5.41, 5.74) is 9.31. The molecule has 0 N–H and O–H groups in total. The zero-order chi connectivity index (χ0) is 36.5. The smallest absolute Gasteiger partial charge is 0.146 e. The number of imidazole rings is 1. The molecule has 3 heteroatoms. The number of rotatable bonds is 2. The van der Waals surface area contributed by atoms with Gasteiger partial charge in [-0.3, -0.25) is 4.40 Å². The van der Waals surface area contributed by atoms with E-state index >= 15 is 0 Å². The van der Waals surface area contributed by atoms with Gasteiger partial charge in [0.2, 0.25) is 0 Å². The minimum Gasteiger partial charge on any atom is -0.292 e. The van der Waals surface area contributed by atoms with Crippen LogP contribution in [-0.4, -0.2) is 9.38 Å². The second-order valence-corrected chi connectivity index (χ2v) is 16.0. The van der Waals surface area contributed by atoms with Gasteiger partial charge in [0.05, 0.1) is 16.6 Å². The molecule has 13 aromatic rings. The monoisotopic (exact) mass is 726 g/mol. The Morgan fingerprint density at radius 3 is 1.54 bits per heavy atom. The maximum Gasteiger partial charge on any atom is 0.146 e. The molecule has 3 heterocycles. The van der Waals surface area contributed by atoms with Crippen molar-refractivity contribution in [2.24, 2.45) is 0 Å². The highest BCUT2D eigenvalue weighted by Gasteiger charge is 2.20. The van der Waals surface area contributed by atoms with E-state index in [0.717, 1.165) is 22.1 Å². The van der Waals surface area contributed by atoms with E-state index in [2.05, 4.69) is 186 Å². The van der Waals surface area contributed by atoms with Crippen LogP contribution in [0.5, 0.6) is 0 Å². The van der Waals surface area contributed by atoms with Crippen LogP contribution in [-0.2, 0) is 0 Å². The van der Waals surface area contributed by atoms with Crippen molar-refractivity contribution in [1.82, 2.24) is 9.38 Å². The topological polar surface area (TPSA) is 17.3 Å². The molecule has 0 atom stereocenters. The minimum atomic E-state index is 0.999. The summed E-state index contributed by atoms with van der Waals surface area (Å²) < 4.78 is 5.02. The average molecular weight is 727 g/mol. The maximum atomic E-state index is 5.12. The number of benzene rings is 10. The average Bonchev–Trinajstić information content (AvgIpc) is 3.85. The van der Waals surface area contributed by atoms with Gasteiger partial charge in [0.15, 0.2) is 0 Å². The lowest BCUT2D eigenvalue weighted by molar-refractivity contribution is 1.31. The second kappa shape index (κ2) is 11.2. The van der Waals surface area contributed by atoms with Gasteiger partial charge in [-0.2, -0.15) is 0 Å². The molecule has 0 bridgehead atoms. The molecule has 0 radical (unpaired) electrons. The summed E-state index contributed by atoms with van der Waals surface area (Å²) in [5.74, 6) is 0. The molecule has 0 unspecified atom stereocenters. The van der Waals surface area contributed by atoms with Crippen molar-refractivity contribution in [3.8, 4) is 22.3 Å². The quantitative estimate of drug-likeness (QED) is 0.128. The van der Waals surface area contributed by atoms with Crippen molar-refractivity contribution in [3.63, 3.8) is 0 Å². The summed E-state index contributed by atoms with van der Waals surface area (Å²) in [6.45, 7) is 0. The number of hydrogen-bond acceptors (Lipinski definition) is 2. The molecule has 0 aliphatic heterocycles. The Hall–Kier alpha value is -7.07. The van der Waals surface area contributed by atoms with Crippen LogP contribution in [0.15, 0.2) is 182 Å². The van der Waals surface area contributed by atoms with Gasteiger partial charge in [-0.1, -0.05) is 152 Å². The van der Waals surface area contributed by atoms with Crippen LogP contribution >= 0.6 is 11.3 Å². The van der Waals surface area contributed by atoms with E-state index in [-0.39, 0.29) is 0 Å². The van der Waals surface area contributed by atoms with E-state index < -0.39 is 0 Å². The molecule has 0 fully saturated rings. The number of pyridine rings is 1. The second-order valence-electron chi connectivity index (χ2n) is 15.0. The number of nitrogens with zero attached hydrogens (tertiary/aromatic N) is 2. The van der Waals surface area contributed by atoms with Crippen LogP contribution in [0.3, 0.4) is 0 Å². The van der Waals surface area contributed by atoms with Crippen LogP contribution in [0.1, 0.15) is 0 Å². The number of para-hydroxylation sites is 2. The Bertz CT molecular complexity index is 3770. The predicted octanol–water partition coefficient (Wildman–Crippen LogP) is 15.1. The Balaban J connectivity index is 1.09. The molecule has 0 saturated heterocycles. The summed E-state index contributed by atoms with van der Waals surface area (Å²) in [4.78, 5) is 5.12. The van der Waals surface area contributed by atoms with Gasteiger partial charge in [-0.25, -0.2) is 4.98 Å². The summed E-state index contributed by atoms with van der Waals surface area (Å²) in [6.07, 6.45) is 0. The molecule has 3 aromatic heterocycles. The molecule has 0 aliphatic rings. The van der Waals surface area contributed by atoms with E-state index in [9.17, 15) is 0 Å². The number of thiophene rings is 1. The molecule has 2 nitrogen and oxygen atoms in total. The van der Waals surface area contributed by atoms with E-state index in [1.165, 1.54) is 102 Å². The number of fused-ring (bicyclic) bond motifs is 18. The first kappa shape index (κ1) is 30.3. The van der Waals surface area contributed by atoms with Crippen molar-refractivity contribution in [1.29, 1.82) is 0 Å². The fraction of sp³-hybridized carbons (Fsp3) is 0. The van der Waals surface area contributed by atoms with Crippen LogP contribution in [0.4, 0.5) is 0 Å². The number of aromatic nitrogens is 2. The van der Waals surface area contributed by atoms with Gasteiger partial charge < -0.3 is 0 Å². The largest absolute Gasteiger partial charge is 0.292 e. The van der Waals surface area contributed by atoms with Crippen molar-refractivity contribution in [2.45, 2.75) is 0 Å². The molecule has 56 heavy (non-hydrogen) atoms. The third kappa shape index (κ3) is 4.02. The van der Waals surface area contributed by atoms with E-state index in [1.807, 2.05) is 11.3 Å². The van der Waals surface area contributed by atoms with Gasteiger partial charge in [0, 0.05) is 36.3 Å². The van der Waals surface area contributed by atoms with Crippen LogP contribution in [0.25, 0.3) is 124 Å². The molecule has 0 spiro atoms. The fourth-order valence-electron chi connectivity index (χ4n) is 9.78. The van der Waals surface area contributed by atoms with E-state index in [0.29, 0.717) is 0 Å². The third-order valence-corrected chi connectivity index (χ3v) is 13.3. The highest BCUT2D eigenvalue weighted by atomic mass is 32.1. The molecule has 0 aliphatic carbocycles. The summed E-state index contributed by atoms with van der Waals surface area (Å²) in [6, 6.07) is 67.2. The van der Waals surface area contributed by atoms with Gasteiger partial charge in [-0.05, 0) is 95.7 Å². The van der Waals surface area contributed by atoms with Crippen molar-refractivity contribution in [2.75, 3.05) is 0 Å². The lowest BCUT2D eigenvalue weighted by Crippen LogP contribution is -1.94. The maximum absolute atomic E-state index is 5.12. The first-order valence-corrected chi connectivity index (χ1v) is 20.0. The van der Waals surface area contributed by atoms with Crippen molar-refractivity contribution >= 4 is 113 Å². The summed E-state index contributed by atoms with van der Waals surface area (Å²) in [7, 11) is 0. The highest BCUT2D eigenvalue weighted by Crippen LogP contribution is 2.48. The van der Waals surface area contributed by atoms with Crippen LogP contribution < -0.4 is 0 Å². The van der Waals surface area contributed by atoms with Gasteiger partial charge in [0.1, 0.15) is 5.65 Å². The third-order valence-electron chi connectivity index (χ3n) is 12.1. The Kier molecular flexibility index (Phi) is 6.07. The zero-order valence-corrected chi connectivity index (χ0v) is 30.9. The SMILES string of the molecule is c1ccc2c(c1)nc1c3ccccc3c3cc(-c4c5ccccc5c(-c5ccc6c(c5)sc5c7ccccc7c7ccccc7c65)c5ccccc45)ccc3n21. The molecule has 0 amide bonds. The summed E-state index contributed by atoms with van der Waals surface area (Å²) in [5, 5.41) is 16.6. The van der Waals surface area contributed by atoms with Crippen LogP contribution in [0, 0.1) is 0 Å². The summed E-state index contributed by atoms with van der Waals surface area (Å²) >= 11 is 1.92. The standard InChI is InChI=1S/C53H30N2S/c1-4-16-36-33(13-1)34-14-2-9-21-41(34)52-51(36)43-27-25-32(30-48(43)56-52)50-39-19-7-5-17-37(39)49(38-18-6-8-20-40(38)50)31-26-28-46-44(29-31)35-15-3-10-22-42(35)53-54-45-23-11-12-24-47(45)55(46)53/h1-30H. The molecule has 10 aromatic carbocycles. The lowest BCUT2D eigenvalue weighted by atomic mass is 9.85. The Morgan fingerprint density at radius 1 is 0.357 bits per heavy atom. The minimum absolute atomic E-state index is 0.999. The first-order valence-electron chi connectivity index (χ1n) is 19.2. The Morgan fingerprint density at radius 2 is 0.857 bits per heavy atom.